The molecular formula is C12H9F4NS. The summed E-state index contributed by atoms with van der Waals surface area (Å²) in [4.78, 5) is 0.619. The standard InChI is InChI=1S/C12H9F4NS/c13-10-7(11(17)9-5-2-6-18-9)3-1-4-8(10)12(14,15)16/h1-6,11H,17H2. The summed E-state index contributed by atoms with van der Waals surface area (Å²) in [5.74, 6) is -1.30. The van der Waals surface area contributed by atoms with Crippen LogP contribution in [0.3, 0.4) is 0 Å². The molecule has 0 aliphatic rings. The highest BCUT2D eigenvalue weighted by Crippen LogP contribution is 2.35. The molecule has 6 heteroatoms. The number of thiophene rings is 1. The van der Waals surface area contributed by atoms with Crippen molar-refractivity contribution in [3.8, 4) is 0 Å². The van der Waals surface area contributed by atoms with Gasteiger partial charge in [-0.2, -0.15) is 13.2 Å². The maximum absolute atomic E-state index is 13.8. The lowest BCUT2D eigenvalue weighted by molar-refractivity contribution is -0.140. The highest BCUT2D eigenvalue weighted by Gasteiger charge is 2.35. The van der Waals surface area contributed by atoms with Gasteiger partial charge in [0.15, 0.2) is 0 Å². The van der Waals surface area contributed by atoms with Crippen LogP contribution in [0, 0.1) is 5.82 Å². The van der Waals surface area contributed by atoms with E-state index >= 15 is 0 Å². The third-order valence-electron chi connectivity index (χ3n) is 2.52. The maximum Gasteiger partial charge on any atom is 0.419 e. The molecule has 1 atom stereocenters. The number of hydrogen-bond acceptors (Lipinski definition) is 2. The lowest BCUT2D eigenvalue weighted by atomic mass is 10.0. The van der Waals surface area contributed by atoms with Gasteiger partial charge in [-0.05, 0) is 17.5 Å². The summed E-state index contributed by atoms with van der Waals surface area (Å²) in [5.41, 5.74) is 4.35. The second kappa shape index (κ2) is 4.70. The molecule has 1 heterocycles. The van der Waals surface area contributed by atoms with Crippen LogP contribution in [-0.2, 0) is 6.18 Å². The van der Waals surface area contributed by atoms with E-state index in [2.05, 4.69) is 0 Å². The molecule has 2 N–H and O–H groups in total. The molecule has 1 aromatic carbocycles. The van der Waals surface area contributed by atoms with Crippen molar-refractivity contribution in [1.82, 2.24) is 0 Å². The Labute approximate surface area is 105 Å². The molecule has 1 aromatic heterocycles. The molecule has 1 unspecified atom stereocenters. The molecule has 18 heavy (non-hydrogen) atoms. The zero-order chi connectivity index (χ0) is 13.3. The van der Waals surface area contributed by atoms with Gasteiger partial charge in [-0.15, -0.1) is 11.3 Å². The first-order chi connectivity index (χ1) is 8.41. The van der Waals surface area contributed by atoms with Gasteiger partial charge >= 0.3 is 6.18 Å². The molecule has 0 amide bonds. The molecule has 1 nitrogen and oxygen atoms in total. The Bertz CT molecular complexity index is 534. The summed E-state index contributed by atoms with van der Waals surface area (Å²) in [6, 6.07) is 5.64. The molecule has 0 aliphatic heterocycles. The smallest absolute Gasteiger partial charge is 0.320 e. The Hall–Kier alpha value is -1.40. The van der Waals surface area contributed by atoms with Crippen molar-refractivity contribution in [2.24, 2.45) is 5.73 Å². The highest BCUT2D eigenvalue weighted by atomic mass is 32.1. The van der Waals surface area contributed by atoms with Crippen molar-refractivity contribution in [3.05, 3.63) is 57.5 Å². The average Bonchev–Trinajstić information content (AvgIpc) is 2.80. The van der Waals surface area contributed by atoms with E-state index in [9.17, 15) is 17.6 Å². The Morgan fingerprint density at radius 2 is 1.83 bits per heavy atom. The fourth-order valence-electron chi connectivity index (χ4n) is 1.63. The van der Waals surface area contributed by atoms with Crippen LogP contribution in [0.15, 0.2) is 35.7 Å². The van der Waals surface area contributed by atoms with E-state index in [0.717, 1.165) is 6.07 Å². The Morgan fingerprint density at radius 1 is 1.11 bits per heavy atom. The monoisotopic (exact) mass is 275 g/mol. The fourth-order valence-corrected chi connectivity index (χ4v) is 2.38. The van der Waals surface area contributed by atoms with Crippen molar-refractivity contribution in [2.45, 2.75) is 12.2 Å². The predicted molar refractivity (Wildman–Crippen MR) is 61.8 cm³/mol. The minimum Gasteiger partial charge on any atom is -0.320 e. The average molecular weight is 275 g/mol. The number of rotatable bonds is 2. The first kappa shape index (κ1) is 13.0. The lowest BCUT2D eigenvalue weighted by Crippen LogP contribution is -2.16. The number of benzene rings is 1. The SMILES string of the molecule is NC(c1cccs1)c1cccc(C(F)(F)F)c1F. The Balaban J connectivity index is 2.47. The van der Waals surface area contributed by atoms with Crippen molar-refractivity contribution in [3.63, 3.8) is 0 Å². The van der Waals surface area contributed by atoms with E-state index in [1.54, 1.807) is 17.5 Å². The second-order valence-electron chi connectivity index (χ2n) is 3.70. The van der Waals surface area contributed by atoms with Gasteiger partial charge in [-0.1, -0.05) is 18.2 Å². The van der Waals surface area contributed by atoms with E-state index in [0.29, 0.717) is 10.9 Å². The first-order valence-corrected chi connectivity index (χ1v) is 5.94. The Kier molecular flexibility index (Phi) is 3.41. The number of nitrogens with two attached hydrogens (primary N) is 1. The molecule has 0 saturated heterocycles. The summed E-state index contributed by atoms with van der Waals surface area (Å²) in [6.45, 7) is 0. The van der Waals surface area contributed by atoms with E-state index < -0.39 is 23.6 Å². The van der Waals surface area contributed by atoms with E-state index in [-0.39, 0.29) is 5.56 Å². The third-order valence-corrected chi connectivity index (χ3v) is 3.47. The zero-order valence-corrected chi connectivity index (χ0v) is 9.86. The van der Waals surface area contributed by atoms with Crippen molar-refractivity contribution >= 4 is 11.3 Å². The van der Waals surface area contributed by atoms with Gasteiger partial charge in [0.1, 0.15) is 5.82 Å². The summed E-state index contributed by atoms with van der Waals surface area (Å²) in [5, 5.41) is 1.74. The van der Waals surface area contributed by atoms with Gasteiger partial charge in [0.2, 0.25) is 0 Å². The first-order valence-electron chi connectivity index (χ1n) is 5.06. The van der Waals surface area contributed by atoms with Gasteiger partial charge in [-0.3, -0.25) is 0 Å². The molecule has 0 spiro atoms. The Morgan fingerprint density at radius 3 is 2.39 bits per heavy atom. The zero-order valence-electron chi connectivity index (χ0n) is 9.04. The molecule has 2 rings (SSSR count). The van der Waals surface area contributed by atoms with Crippen molar-refractivity contribution < 1.29 is 17.6 Å². The molecule has 0 aliphatic carbocycles. The van der Waals surface area contributed by atoms with Crippen molar-refractivity contribution in [2.75, 3.05) is 0 Å². The summed E-state index contributed by atoms with van der Waals surface area (Å²) in [6.07, 6.45) is -4.71. The minimum absolute atomic E-state index is 0.146. The normalized spacial score (nSPS) is 13.6. The molecule has 2 aromatic rings. The van der Waals surface area contributed by atoms with Crippen LogP contribution in [-0.4, -0.2) is 0 Å². The fraction of sp³-hybridized carbons (Fsp3) is 0.167. The van der Waals surface area contributed by atoms with Crippen molar-refractivity contribution in [1.29, 1.82) is 0 Å². The van der Waals surface area contributed by atoms with Crippen LogP contribution in [0.25, 0.3) is 0 Å². The van der Waals surface area contributed by atoms with Crippen LogP contribution < -0.4 is 5.73 Å². The largest absolute Gasteiger partial charge is 0.419 e. The van der Waals surface area contributed by atoms with Crippen LogP contribution in [0.1, 0.15) is 22.0 Å². The number of hydrogen-bond donors (Lipinski definition) is 1. The molecular weight excluding hydrogens is 266 g/mol. The predicted octanol–water partition coefficient (Wildman–Crippen LogP) is 3.95. The van der Waals surface area contributed by atoms with Crippen LogP contribution in [0.2, 0.25) is 0 Å². The van der Waals surface area contributed by atoms with E-state index in [4.69, 9.17) is 5.73 Å². The second-order valence-corrected chi connectivity index (χ2v) is 4.68. The van der Waals surface area contributed by atoms with Gasteiger partial charge < -0.3 is 5.73 Å². The maximum atomic E-state index is 13.8. The van der Waals surface area contributed by atoms with E-state index in [1.807, 2.05) is 0 Å². The molecule has 0 bridgehead atoms. The van der Waals surface area contributed by atoms with E-state index in [1.165, 1.54) is 17.4 Å². The minimum atomic E-state index is -4.71. The van der Waals surface area contributed by atoms with Crippen LogP contribution in [0.5, 0.6) is 0 Å². The highest BCUT2D eigenvalue weighted by molar-refractivity contribution is 7.10. The lowest BCUT2D eigenvalue weighted by Gasteiger charge is -2.15. The summed E-state index contributed by atoms with van der Waals surface area (Å²) >= 11 is 1.27. The molecule has 0 saturated carbocycles. The number of alkyl halides is 3. The number of halogens is 4. The van der Waals surface area contributed by atoms with Gasteiger partial charge in [-0.25, -0.2) is 4.39 Å². The van der Waals surface area contributed by atoms with Crippen LogP contribution >= 0.6 is 11.3 Å². The van der Waals surface area contributed by atoms with Crippen LogP contribution in [0.4, 0.5) is 17.6 Å². The third kappa shape index (κ3) is 2.39. The van der Waals surface area contributed by atoms with Gasteiger partial charge in [0, 0.05) is 10.4 Å². The molecule has 0 radical (unpaired) electrons. The van der Waals surface area contributed by atoms with Gasteiger partial charge in [0.25, 0.3) is 0 Å². The molecule has 96 valence electrons. The molecule has 0 fully saturated rings. The summed E-state index contributed by atoms with van der Waals surface area (Å²) < 4.78 is 51.5. The summed E-state index contributed by atoms with van der Waals surface area (Å²) in [7, 11) is 0. The quantitative estimate of drug-likeness (QED) is 0.825. The topological polar surface area (TPSA) is 26.0 Å². The van der Waals surface area contributed by atoms with Gasteiger partial charge in [0.05, 0.1) is 11.6 Å².